The summed E-state index contributed by atoms with van der Waals surface area (Å²) in [6, 6.07) is 5.74. The lowest BCUT2D eigenvalue weighted by Crippen LogP contribution is -2.48. The van der Waals surface area contributed by atoms with Gasteiger partial charge in [0.05, 0.1) is 16.7 Å². The van der Waals surface area contributed by atoms with Gasteiger partial charge >= 0.3 is 0 Å². The van der Waals surface area contributed by atoms with Gasteiger partial charge in [-0.15, -0.1) is 0 Å². The molecule has 6 nitrogen and oxygen atoms in total. The maximum absolute atomic E-state index is 13.2. The van der Waals surface area contributed by atoms with E-state index in [1.54, 1.807) is 0 Å². The van der Waals surface area contributed by atoms with Crippen LogP contribution in [0.15, 0.2) is 24.4 Å². The van der Waals surface area contributed by atoms with Crippen molar-refractivity contribution in [1.82, 2.24) is 24.8 Å². The number of hydrogen-bond acceptors (Lipinski definition) is 4. The third-order valence-corrected chi connectivity index (χ3v) is 6.07. The van der Waals surface area contributed by atoms with Gasteiger partial charge in [-0.05, 0) is 63.3 Å². The van der Waals surface area contributed by atoms with Crippen LogP contribution in [0.25, 0.3) is 11.0 Å². The van der Waals surface area contributed by atoms with Gasteiger partial charge in [-0.2, -0.15) is 0 Å². The molecule has 0 bridgehead atoms. The summed E-state index contributed by atoms with van der Waals surface area (Å²) in [5.41, 5.74) is 4.96. The molecule has 1 aliphatic carbocycles. The van der Waals surface area contributed by atoms with Crippen LogP contribution >= 0.6 is 0 Å². The van der Waals surface area contributed by atoms with Crippen molar-refractivity contribution < 1.29 is 4.79 Å². The summed E-state index contributed by atoms with van der Waals surface area (Å²) in [5, 5.41) is 0. The zero-order chi connectivity index (χ0) is 18.6. The van der Waals surface area contributed by atoms with Gasteiger partial charge < -0.3 is 9.88 Å². The lowest BCUT2D eigenvalue weighted by atomic mass is 9.77. The van der Waals surface area contributed by atoms with Gasteiger partial charge in [-0.3, -0.25) is 4.79 Å². The highest BCUT2D eigenvalue weighted by molar-refractivity contribution is 5.97. The number of carbonyl (C=O) groups excluding carboxylic acids is 1. The quantitative estimate of drug-likeness (QED) is 0.723. The number of hydrogen-bond donors (Lipinski definition) is 1. The van der Waals surface area contributed by atoms with Gasteiger partial charge in [0.25, 0.3) is 5.91 Å². The number of aryl methyl sites for hydroxylation is 3. The molecule has 1 N–H and O–H groups in total. The molecule has 1 fully saturated rings. The first kappa shape index (κ1) is 16.4. The number of piperidine rings is 1. The first-order valence-corrected chi connectivity index (χ1v) is 9.63. The lowest BCUT2D eigenvalue weighted by Gasteiger charge is -2.40. The van der Waals surface area contributed by atoms with Gasteiger partial charge in [0, 0.05) is 30.3 Å². The van der Waals surface area contributed by atoms with Crippen LogP contribution in [-0.4, -0.2) is 43.8 Å². The number of amides is 1. The maximum atomic E-state index is 13.2. The van der Waals surface area contributed by atoms with E-state index in [0.29, 0.717) is 0 Å². The molecule has 3 heterocycles. The molecule has 6 heteroatoms. The zero-order valence-electron chi connectivity index (χ0n) is 15.7. The molecule has 1 atom stereocenters. The van der Waals surface area contributed by atoms with E-state index in [0.717, 1.165) is 67.0 Å². The molecule has 1 saturated heterocycles. The minimum absolute atomic E-state index is 0.00831. The number of likely N-dealkylation sites (tertiary alicyclic amines) is 1. The van der Waals surface area contributed by atoms with Gasteiger partial charge in [0.2, 0.25) is 0 Å². The fourth-order valence-corrected chi connectivity index (χ4v) is 4.78. The van der Waals surface area contributed by atoms with Crippen LogP contribution in [0.4, 0.5) is 0 Å². The average Bonchev–Trinajstić information content (AvgIpc) is 3.20. The number of carbonyl (C=O) groups is 1. The second-order valence-corrected chi connectivity index (χ2v) is 7.96. The van der Waals surface area contributed by atoms with Crippen molar-refractivity contribution in [2.75, 3.05) is 13.1 Å². The van der Waals surface area contributed by atoms with E-state index >= 15 is 0 Å². The Labute approximate surface area is 158 Å². The number of aromatic amines is 1. The minimum Gasteiger partial charge on any atom is -0.342 e. The Bertz CT molecular complexity index is 1050. The lowest BCUT2D eigenvalue weighted by molar-refractivity contribution is 0.0633. The van der Waals surface area contributed by atoms with Crippen LogP contribution in [0.1, 0.15) is 52.5 Å². The van der Waals surface area contributed by atoms with Crippen molar-refractivity contribution in [2.45, 2.75) is 44.9 Å². The highest BCUT2D eigenvalue weighted by atomic mass is 16.2. The first-order valence-electron chi connectivity index (χ1n) is 9.63. The van der Waals surface area contributed by atoms with Crippen LogP contribution in [0.5, 0.6) is 0 Å². The van der Waals surface area contributed by atoms with Crippen molar-refractivity contribution in [2.24, 2.45) is 0 Å². The van der Waals surface area contributed by atoms with E-state index in [-0.39, 0.29) is 11.3 Å². The number of aromatic nitrogens is 4. The molecule has 0 radical (unpaired) electrons. The van der Waals surface area contributed by atoms with E-state index in [4.69, 9.17) is 4.98 Å². The highest BCUT2D eigenvalue weighted by Gasteiger charge is 2.44. The molecule has 138 valence electrons. The third kappa shape index (κ3) is 2.62. The predicted octanol–water partition coefficient (Wildman–Crippen LogP) is 3.09. The van der Waals surface area contributed by atoms with E-state index in [2.05, 4.69) is 15.0 Å². The molecule has 2 aromatic heterocycles. The van der Waals surface area contributed by atoms with Crippen LogP contribution < -0.4 is 0 Å². The zero-order valence-corrected chi connectivity index (χ0v) is 15.7. The summed E-state index contributed by atoms with van der Waals surface area (Å²) in [7, 11) is 0. The van der Waals surface area contributed by atoms with Crippen molar-refractivity contribution in [3.8, 4) is 0 Å². The van der Waals surface area contributed by atoms with E-state index in [9.17, 15) is 4.79 Å². The standard InChI is InChI=1S/C21H23N5O/c1-13-22-11-16-6-8-21(19(16)25-13)7-3-9-26(12-21)20(27)15-4-5-17-18(10-15)24-14(2)23-17/h4-5,10-11H,3,6-9,12H2,1-2H3,(H,23,24). The first-order chi connectivity index (χ1) is 13.0. The molecular weight excluding hydrogens is 338 g/mol. The Morgan fingerprint density at radius 2 is 2.11 bits per heavy atom. The predicted molar refractivity (Wildman–Crippen MR) is 103 cm³/mol. The van der Waals surface area contributed by atoms with Gasteiger partial charge in [0.15, 0.2) is 0 Å². The Kier molecular flexibility index (Phi) is 3.57. The maximum Gasteiger partial charge on any atom is 0.253 e. The number of fused-ring (bicyclic) bond motifs is 3. The molecule has 1 amide bonds. The Balaban J connectivity index is 1.46. The summed E-state index contributed by atoms with van der Waals surface area (Å²) in [6.45, 7) is 5.42. The number of nitrogens with one attached hydrogen (secondary N) is 1. The summed E-state index contributed by atoms with van der Waals surface area (Å²) >= 11 is 0. The van der Waals surface area contributed by atoms with Gasteiger partial charge in [-0.25, -0.2) is 15.0 Å². The molecule has 2 aliphatic rings. The number of H-pyrrole nitrogens is 1. The summed E-state index contributed by atoms with van der Waals surface area (Å²) in [6.07, 6.45) is 6.15. The Morgan fingerprint density at radius 3 is 3.00 bits per heavy atom. The van der Waals surface area contributed by atoms with Gasteiger partial charge in [-0.1, -0.05) is 0 Å². The van der Waals surface area contributed by atoms with Crippen LogP contribution in [0, 0.1) is 13.8 Å². The smallest absolute Gasteiger partial charge is 0.253 e. The number of nitrogens with zero attached hydrogens (tertiary/aromatic N) is 4. The molecule has 3 aromatic rings. The van der Waals surface area contributed by atoms with Crippen LogP contribution in [0.2, 0.25) is 0 Å². The molecule has 1 unspecified atom stereocenters. The normalized spacial score (nSPS) is 21.8. The monoisotopic (exact) mass is 361 g/mol. The fourth-order valence-electron chi connectivity index (χ4n) is 4.78. The van der Waals surface area contributed by atoms with Crippen molar-refractivity contribution in [1.29, 1.82) is 0 Å². The largest absolute Gasteiger partial charge is 0.342 e. The minimum atomic E-state index is -0.00831. The van der Waals surface area contributed by atoms with Crippen molar-refractivity contribution in [3.05, 3.63) is 52.9 Å². The average molecular weight is 361 g/mol. The molecule has 1 aliphatic heterocycles. The second-order valence-electron chi connectivity index (χ2n) is 7.96. The molecule has 1 spiro atoms. The summed E-state index contributed by atoms with van der Waals surface area (Å²) in [5.74, 6) is 1.78. The topological polar surface area (TPSA) is 74.8 Å². The van der Waals surface area contributed by atoms with Crippen molar-refractivity contribution in [3.63, 3.8) is 0 Å². The highest BCUT2D eigenvalue weighted by Crippen LogP contribution is 2.44. The summed E-state index contributed by atoms with van der Waals surface area (Å²) in [4.78, 5) is 32.0. The summed E-state index contributed by atoms with van der Waals surface area (Å²) < 4.78 is 0. The molecule has 5 rings (SSSR count). The Hall–Kier alpha value is -2.76. The SMILES string of the molecule is Cc1ncc2c(n1)C1(CCCN(C(=O)c3ccc4nc(C)[nH]c4c3)C1)CC2. The van der Waals surface area contributed by atoms with Crippen LogP contribution in [-0.2, 0) is 11.8 Å². The van der Waals surface area contributed by atoms with Crippen LogP contribution in [0.3, 0.4) is 0 Å². The fraction of sp³-hybridized carbons (Fsp3) is 0.429. The van der Waals surface area contributed by atoms with E-state index in [1.165, 1.54) is 11.3 Å². The number of imidazole rings is 1. The number of rotatable bonds is 1. The molecule has 27 heavy (non-hydrogen) atoms. The molecule has 0 saturated carbocycles. The van der Waals surface area contributed by atoms with E-state index in [1.807, 2.05) is 43.1 Å². The molecule has 1 aromatic carbocycles. The second kappa shape index (κ2) is 5.87. The van der Waals surface area contributed by atoms with Gasteiger partial charge in [0.1, 0.15) is 11.6 Å². The number of benzene rings is 1. The van der Waals surface area contributed by atoms with E-state index < -0.39 is 0 Å². The third-order valence-electron chi connectivity index (χ3n) is 6.07. The van der Waals surface area contributed by atoms with Crippen molar-refractivity contribution >= 4 is 16.9 Å². The Morgan fingerprint density at radius 1 is 1.22 bits per heavy atom. The molecular formula is C21H23N5O.